The van der Waals surface area contributed by atoms with Crippen molar-refractivity contribution in [2.24, 2.45) is 5.92 Å². The Hall–Kier alpha value is -2.86. The van der Waals surface area contributed by atoms with Crippen molar-refractivity contribution in [3.63, 3.8) is 0 Å². The highest BCUT2D eigenvalue weighted by atomic mass is 35.5. The van der Waals surface area contributed by atoms with Gasteiger partial charge in [0, 0.05) is 53.8 Å². The molecule has 5 nitrogen and oxygen atoms in total. The second kappa shape index (κ2) is 13.5. The highest BCUT2D eigenvalue weighted by Gasteiger charge is 2.20. The molecule has 2 aromatic rings. The van der Waals surface area contributed by atoms with E-state index >= 15 is 0 Å². The first-order valence-corrected chi connectivity index (χ1v) is 14.4. The summed E-state index contributed by atoms with van der Waals surface area (Å²) in [6.45, 7) is 5.90. The third-order valence-corrected chi connectivity index (χ3v) is 7.77. The number of ether oxygens (including phenoxy) is 1. The summed E-state index contributed by atoms with van der Waals surface area (Å²) in [5.41, 5.74) is 2.83. The van der Waals surface area contributed by atoms with E-state index in [1.54, 1.807) is 24.3 Å². The molecule has 0 radical (unpaired) electrons. The largest absolute Gasteiger partial charge is 0.506 e. The molecule has 2 aromatic carbocycles. The van der Waals surface area contributed by atoms with E-state index in [1.807, 2.05) is 12.1 Å². The molecule has 206 valence electrons. The molecule has 2 aliphatic rings. The molecule has 4 rings (SSSR count). The number of Topliss-reactive ketones (excluding diaryl/α,β-unsaturated/α-hetero) is 1. The Kier molecular flexibility index (Phi) is 10.1. The van der Waals surface area contributed by atoms with E-state index in [0.29, 0.717) is 46.8 Å². The maximum atomic E-state index is 12.8. The number of halogens is 2. The summed E-state index contributed by atoms with van der Waals surface area (Å²) in [6.07, 6.45) is 6.90. The summed E-state index contributed by atoms with van der Waals surface area (Å²) in [4.78, 5) is 25.0. The highest BCUT2D eigenvalue weighted by Crippen LogP contribution is 2.43. The number of carbonyl (C=O) groups is 1. The smallest absolute Gasteiger partial charge is 0.200 e. The summed E-state index contributed by atoms with van der Waals surface area (Å²) >= 11 is 12.4. The number of ketones is 1. The number of hydrogen-bond acceptors (Lipinski definition) is 5. The Labute approximate surface area is 239 Å². The number of phenols is 1. The Morgan fingerprint density at radius 1 is 1.00 bits per heavy atom. The van der Waals surface area contributed by atoms with Gasteiger partial charge in [-0.3, -0.25) is 9.59 Å². The lowest BCUT2D eigenvalue weighted by molar-refractivity contribution is 0.0878. The summed E-state index contributed by atoms with van der Waals surface area (Å²) < 4.78 is 11.8. The topological polar surface area (TPSA) is 76.7 Å². The lowest BCUT2D eigenvalue weighted by atomic mass is 9.92. The molecule has 0 saturated heterocycles. The molecule has 0 amide bonds. The van der Waals surface area contributed by atoms with Crippen LogP contribution in [0.1, 0.15) is 69.2 Å². The lowest BCUT2D eigenvalue weighted by Crippen LogP contribution is -2.10. The average molecular weight is 570 g/mol. The number of fused-ring (bicyclic) bond motifs is 2. The van der Waals surface area contributed by atoms with Crippen molar-refractivity contribution in [2.45, 2.75) is 58.8 Å². The van der Waals surface area contributed by atoms with Gasteiger partial charge in [-0.25, -0.2) is 0 Å². The first-order chi connectivity index (χ1) is 18.8. The van der Waals surface area contributed by atoms with Gasteiger partial charge in [-0.15, -0.1) is 0 Å². The minimum Gasteiger partial charge on any atom is -0.506 e. The molecule has 1 atom stereocenters. The van der Waals surface area contributed by atoms with E-state index in [2.05, 4.69) is 13.8 Å². The number of rotatable bonds is 13. The number of phenolic OH excluding ortho intramolecular Hbond substituents is 1. The van der Waals surface area contributed by atoms with Crippen LogP contribution in [0.4, 0.5) is 0 Å². The first-order valence-electron chi connectivity index (χ1n) is 13.6. The van der Waals surface area contributed by atoms with Gasteiger partial charge < -0.3 is 14.3 Å². The van der Waals surface area contributed by atoms with Gasteiger partial charge in [-0.2, -0.15) is 0 Å². The molecule has 0 saturated carbocycles. The third kappa shape index (κ3) is 7.02. The predicted octanol–water partition coefficient (Wildman–Crippen LogP) is 9.16. The number of aromatic hydroxyl groups is 1. The molecule has 7 heteroatoms. The Balaban J connectivity index is 1.47. The van der Waals surface area contributed by atoms with Crippen molar-refractivity contribution >= 4 is 40.0 Å². The van der Waals surface area contributed by atoms with Gasteiger partial charge in [0.15, 0.2) is 5.78 Å². The molecule has 39 heavy (non-hydrogen) atoms. The lowest BCUT2D eigenvalue weighted by Gasteiger charge is -2.16. The zero-order chi connectivity index (χ0) is 27.9. The normalized spacial score (nSPS) is 12.3. The second-order valence-electron chi connectivity index (χ2n) is 10.0. The summed E-state index contributed by atoms with van der Waals surface area (Å²) in [6, 6.07) is 13.3. The fraction of sp³-hybridized carbons (Fsp3) is 0.375. The Bertz CT molecular complexity index is 1460. The number of carbonyl (C=O) groups excluding carboxylic acids is 1. The monoisotopic (exact) mass is 568 g/mol. The van der Waals surface area contributed by atoms with Crippen LogP contribution >= 0.6 is 23.2 Å². The van der Waals surface area contributed by atoms with Crippen LogP contribution in [0.15, 0.2) is 57.7 Å². The summed E-state index contributed by atoms with van der Waals surface area (Å²) in [7, 11) is 0. The molecule has 1 aliphatic heterocycles. The molecule has 0 bridgehead atoms. The molecule has 0 aromatic heterocycles. The fourth-order valence-corrected chi connectivity index (χ4v) is 5.14. The van der Waals surface area contributed by atoms with Crippen LogP contribution in [0, 0.1) is 5.92 Å². The van der Waals surface area contributed by atoms with Gasteiger partial charge in [0.25, 0.3) is 0 Å². The fourth-order valence-electron chi connectivity index (χ4n) is 4.82. The maximum Gasteiger partial charge on any atom is 0.200 e. The SMILES string of the molecule is CCCCC(CC)COCCCCC(=O)c1ccc(-c2c3cc(Cl)c(=O)cc-3oc3cc(O)c(Cl)cc23)cc1. The minimum absolute atomic E-state index is 0.0742. The van der Waals surface area contributed by atoms with Crippen LogP contribution in [-0.2, 0) is 4.74 Å². The van der Waals surface area contributed by atoms with E-state index in [1.165, 1.54) is 31.4 Å². The Morgan fingerprint density at radius 2 is 1.77 bits per heavy atom. The van der Waals surface area contributed by atoms with Gasteiger partial charge >= 0.3 is 0 Å². The average Bonchev–Trinajstić information content (AvgIpc) is 2.93. The van der Waals surface area contributed by atoms with Crippen LogP contribution < -0.4 is 5.43 Å². The molecule has 0 fully saturated rings. The van der Waals surface area contributed by atoms with Crippen LogP contribution in [0.25, 0.3) is 33.4 Å². The van der Waals surface area contributed by atoms with E-state index in [-0.39, 0.29) is 27.0 Å². The van der Waals surface area contributed by atoms with E-state index in [0.717, 1.165) is 37.0 Å². The Morgan fingerprint density at radius 3 is 2.49 bits per heavy atom. The molecular formula is C32H34Cl2O5. The van der Waals surface area contributed by atoms with Crippen LogP contribution in [0.2, 0.25) is 10.0 Å². The molecule has 1 heterocycles. The minimum atomic E-state index is -0.357. The summed E-state index contributed by atoms with van der Waals surface area (Å²) in [5.74, 6) is 0.924. The van der Waals surface area contributed by atoms with Gasteiger partial charge in [0.05, 0.1) is 10.0 Å². The maximum absolute atomic E-state index is 12.8. The van der Waals surface area contributed by atoms with Crippen molar-refractivity contribution in [1.29, 1.82) is 0 Å². The zero-order valence-corrected chi connectivity index (χ0v) is 23.9. The molecular weight excluding hydrogens is 535 g/mol. The van der Waals surface area contributed by atoms with Crippen LogP contribution in [0.3, 0.4) is 0 Å². The number of unbranched alkanes of at least 4 members (excludes halogenated alkanes) is 2. The van der Waals surface area contributed by atoms with Crippen LogP contribution in [-0.4, -0.2) is 24.1 Å². The van der Waals surface area contributed by atoms with Crippen molar-refractivity contribution in [2.75, 3.05) is 13.2 Å². The molecule has 0 spiro atoms. The number of hydrogen-bond donors (Lipinski definition) is 1. The predicted molar refractivity (Wildman–Crippen MR) is 159 cm³/mol. The van der Waals surface area contributed by atoms with Gasteiger partial charge in [-0.05, 0) is 42.9 Å². The van der Waals surface area contributed by atoms with E-state index in [4.69, 9.17) is 32.4 Å². The number of benzene rings is 3. The quantitative estimate of drug-likeness (QED) is 0.0987. The van der Waals surface area contributed by atoms with E-state index in [9.17, 15) is 14.7 Å². The zero-order valence-electron chi connectivity index (χ0n) is 22.4. The summed E-state index contributed by atoms with van der Waals surface area (Å²) in [5, 5.41) is 11.0. The van der Waals surface area contributed by atoms with Gasteiger partial charge in [0.1, 0.15) is 17.1 Å². The molecule has 1 unspecified atom stereocenters. The van der Waals surface area contributed by atoms with Crippen LogP contribution in [0.5, 0.6) is 5.75 Å². The van der Waals surface area contributed by atoms with Crippen molar-refractivity contribution in [3.8, 4) is 28.2 Å². The van der Waals surface area contributed by atoms with Gasteiger partial charge in [0.2, 0.25) is 5.43 Å². The molecule has 1 aliphatic carbocycles. The second-order valence-corrected chi connectivity index (χ2v) is 10.8. The third-order valence-electron chi connectivity index (χ3n) is 7.18. The van der Waals surface area contributed by atoms with Gasteiger partial charge in [-0.1, -0.05) is 80.6 Å². The molecule has 1 N–H and O–H groups in total. The van der Waals surface area contributed by atoms with Crippen molar-refractivity contribution in [3.05, 3.63) is 74.4 Å². The standard InChI is InChI=1S/C32H34Cl2O5/c1-3-5-8-20(4-2)19-38-14-7-6-9-27(35)21-10-12-22(13-11-21)32-23-15-25(33)28(36)17-30(23)39-31-18-29(37)26(34)16-24(31)32/h10-13,15-18,20,36H,3-9,14,19H2,1-2H3. The highest BCUT2D eigenvalue weighted by molar-refractivity contribution is 6.33. The van der Waals surface area contributed by atoms with Crippen molar-refractivity contribution in [1.82, 2.24) is 0 Å². The van der Waals surface area contributed by atoms with E-state index < -0.39 is 0 Å². The first kappa shape index (κ1) is 29.1. The van der Waals surface area contributed by atoms with Crippen molar-refractivity contribution < 1.29 is 19.1 Å².